The molecule has 106 valence electrons. The van der Waals surface area contributed by atoms with Crippen molar-refractivity contribution in [3.05, 3.63) is 23.8 Å². The molecule has 0 aliphatic heterocycles. The number of aromatic hydroxyl groups is 1. The first-order chi connectivity index (χ1) is 9.22. The Morgan fingerprint density at radius 1 is 1.32 bits per heavy atom. The Balaban J connectivity index is 2.00. The van der Waals surface area contributed by atoms with E-state index in [1.807, 2.05) is 19.1 Å². The van der Waals surface area contributed by atoms with Crippen molar-refractivity contribution in [1.82, 2.24) is 4.90 Å². The molecule has 1 aromatic rings. The van der Waals surface area contributed by atoms with Crippen LogP contribution in [-0.2, 0) is 6.54 Å². The molecule has 3 heteroatoms. The fourth-order valence-corrected chi connectivity index (χ4v) is 2.40. The van der Waals surface area contributed by atoms with Gasteiger partial charge < -0.3 is 9.84 Å². The lowest BCUT2D eigenvalue weighted by Crippen LogP contribution is -2.26. The Kier molecular flexibility index (Phi) is 5.08. The van der Waals surface area contributed by atoms with Crippen molar-refractivity contribution in [3.8, 4) is 11.5 Å². The highest BCUT2D eigenvalue weighted by Gasteiger charge is 2.24. The van der Waals surface area contributed by atoms with E-state index in [0.717, 1.165) is 19.0 Å². The molecule has 1 N–H and O–H groups in total. The molecule has 1 aromatic carbocycles. The minimum atomic E-state index is 0.231. The van der Waals surface area contributed by atoms with Gasteiger partial charge in [-0.3, -0.25) is 4.90 Å². The second kappa shape index (κ2) is 6.80. The molecule has 0 unspecified atom stereocenters. The Morgan fingerprint density at radius 3 is 2.74 bits per heavy atom. The number of phenolic OH excluding ortho intramolecular Hbond substituents is 1. The van der Waals surface area contributed by atoms with E-state index in [-0.39, 0.29) is 5.75 Å². The molecule has 1 fully saturated rings. The molecule has 1 aliphatic rings. The standard InChI is InChI=1S/C16H25NO2/c1-3-9-17(11-13-5-6-13)12-14-7-8-15(18)16(10-14)19-4-2/h7-8,10,13,18H,3-6,9,11-12H2,1-2H3. The second-order valence-electron chi connectivity index (χ2n) is 5.41. The Bertz CT molecular complexity index is 402. The minimum absolute atomic E-state index is 0.231. The normalized spacial score (nSPS) is 14.9. The van der Waals surface area contributed by atoms with Gasteiger partial charge in [0.2, 0.25) is 0 Å². The van der Waals surface area contributed by atoms with Crippen LogP contribution in [0.1, 0.15) is 38.7 Å². The van der Waals surface area contributed by atoms with Crippen LogP contribution in [0.2, 0.25) is 0 Å². The minimum Gasteiger partial charge on any atom is -0.504 e. The van der Waals surface area contributed by atoms with Crippen molar-refractivity contribution in [2.24, 2.45) is 5.92 Å². The summed E-state index contributed by atoms with van der Waals surface area (Å²) in [6.45, 7) is 8.04. The smallest absolute Gasteiger partial charge is 0.161 e. The third-order valence-corrected chi connectivity index (χ3v) is 3.48. The van der Waals surface area contributed by atoms with Gasteiger partial charge >= 0.3 is 0 Å². The average Bonchev–Trinajstić information content (AvgIpc) is 3.18. The quantitative estimate of drug-likeness (QED) is 0.780. The van der Waals surface area contributed by atoms with Crippen molar-refractivity contribution >= 4 is 0 Å². The number of hydrogen-bond donors (Lipinski definition) is 1. The fraction of sp³-hybridized carbons (Fsp3) is 0.625. The molecule has 0 aromatic heterocycles. The summed E-state index contributed by atoms with van der Waals surface area (Å²) in [7, 11) is 0. The molecule has 0 heterocycles. The third kappa shape index (κ3) is 4.43. The molecule has 0 radical (unpaired) electrons. The lowest BCUT2D eigenvalue weighted by Gasteiger charge is -2.22. The lowest BCUT2D eigenvalue weighted by molar-refractivity contribution is 0.254. The molecule has 19 heavy (non-hydrogen) atoms. The molecule has 0 saturated heterocycles. The van der Waals surface area contributed by atoms with Gasteiger partial charge in [-0.05, 0) is 56.3 Å². The number of nitrogens with zero attached hydrogens (tertiary/aromatic N) is 1. The maximum atomic E-state index is 9.72. The van der Waals surface area contributed by atoms with Crippen LogP contribution >= 0.6 is 0 Å². The average molecular weight is 263 g/mol. The summed E-state index contributed by atoms with van der Waals surface area (Å²) in [6, 6.07) is 5.70. The van der Waals surface area contributed by atoms with Gasteiger partial charge in [0.1, 0.15) is 0 Å². The van der Waals surface area contributed by atoms with Crippen LogP contribution < -0.4 is 4.74 Å². The van der Waals surface area contributed by atoms with Crippen LogP contribution in [0.3, 0.4) is 0 Å². The van der Waals surface area contributed by atoms with Crippen molar-refractivity contribution < 1.29 is 9.84 Å². The maximum absolute atomic E-state index is 9.72. The highest BCUT2D eigenvalue weighted by atomic mass is 16.5. The number of rotatable bonds is 8. The summed E-state index contributed by atoms with van der Waals surface area (Å²) >= 11 is 0. The van der Waals surface area contributed by atoms with Crippen molar-refractivity contribution in [2.75, 3.05) is 19.7 Å². The Morgan fingerprint density at radius 2 is 2.11 bits per heavy atom. The molecule has 3 nitrogen and oxygen atoms in total. The van der Waals surface area contributed by atoms with Gasteiger partial charge in [0.15, 0.2) is 11.5 Å². The molecule has 0 spiro atoms. The maximum Gasteiger partial charge on any atom is 0.161 e. The molecule has 0 bridgehead atoms. The van der Waals surface area contributed by atoms with Crippen LogP contribution in [0, 0.1) is 5.92 Å². The first-order valence-corrected chi connectivity index (χ1v) is 7.40. The zero-order valence-corrected chi connectivity index (χ0v) is 12.1. The molecule has 1 aliphatic carbocycles. The number of hydrogen-bond acceptors (Lipinski definition) is 3. The number of phenols is 1. The Labute approximate surface area is 116 Å². The summed E-state index contributed by atoms with van der Waals surface area (Å²) in [5.74, 6) is 1.74. The lowest BCUT2D eigenvalue weighted by atomic mass is 10.1. The van der Waals surface area contributed by atoms with Gasteiger partial charge in [-0.25, -0.2) is 0 Å². The zero-order valence-electron chi connectivity index (χ0n) is 12.1. The molecular weight excluding hydrogens is 238 g/mol. The van der Waals surface area contributed by atoms with Gasteiger partial charge in [0.25, 0.3) is 0 Å². The number of ether oxygens (including phenoxy) is 1. The van der Waals surface area contributed by atoms with Crippen molar-refractivity contribution in [2.45, 2.75) is 39.7 Å². The largest absolute Gasteiger partial charge is 0.504 e. The monoisotopic (exact) mass is 263 g/mol. The van der Waals surface area contributed by atoms with E-state index in [9.17, 15) is 5.11 Å². The predicted molar refractivity (Wildman–Crippen MR) is 77.6 cm³/mol. The molecule has 2 rings (SSSR count). The molecular formula is C16H25NO2. The van der Waals surface area contributed by atoms with E-state index in [0.29, 0.717) is 12.4 Å². The topological polar surface area (TPSA) is 32.7 Å². The zero-order chi connectivity index (χ0) is 13.7. The van der Waals surface area contributed by atoms with E-state index in [2.05, 4.69) is 11.8 Å². The summed E-state index contributed by atoms with van der Waals surface area (Å²) in [4.78, 5) is 2.51. The van der Waals surface area contributed by atoms with Gasteiger partial charge in [-0.2, -0.15) is 0 Å². The SMILES string of the molecule is CCCN(Cc1ccc(O)c(OCC)c1)CC1CC1. The van der Waals surface area contributed by atoms with E-state index in [1.54, 1.807) is 6.07 Å². The summed E-state index contributed by atoms with van der Waals surface area (Å²) in [6.07, 6.45) is 3.96. The first kappa shape index (κ1) is 14.2. The van der Waals surface area contributed by atoms with E-state index in [1.165, 1.54) is 31.4 Å². The van der Waals surface area contributed by atoms with Gasteiger partial charge in [0.05, 0.1) is 6.61 Å². The van der Waals surface area contributed by atoms with E-state index < -0.39 is 0 Å². The van der Waals surface area contributed by atoms with E-state index in [4.69, 9.17) is 4.74 Å². The highest BCUT2D eigenvalue weighted by molar-refractivity contribution is 5.41. The first-order valence-electron chi connectivity index (χ1n) is 7.40. The summed E-state index contributed by atoms with van der Waals surface area (Å²) in [5, 5.41) is 9.72. The summed E-state index contributed by atoms with van der Waals surface area (Å²) in [5.41, 5.74) is 1.22. The molecule has 1 saturated carbocycles. The Hall–Kier alpha value is -1.22. The second-order valence-corrected chi connectivity index (χ2v) is 5.41. The number of benzene rings is 1. The van der Waals surface area contributed by atoms with Crippen molar-refractivity contribution in [3.63, 3.8) is 0 Å². The molecule has 0 amide bonds. The fourth-order valence-electron chi connectivity index (χ4n) is 2.40. The van der Waals surface area contributed by atoms with Crippen LogP contribution in [0.4, 0.5) is 0 Å². The van der Waals surface area contributed by atoms with Crippen LogP contribution in [0.5, 0.6) is 11.5 Å². The van der Waals surface area contributed by atoms with E-state index >= 15 is 0 Å². The van der Waals surface area contributed by atoms with Gasteiger partial charge in [-0.1, -0.05) is 13.0 Å². The highest BCUT2D eigenvalue weighted by Crippen LogP contribution is 2.31. The van der Waals surface area contributed by atoms with Crippen molar-refractivity contribution in [1.29, 1.82) is 0 Å². The summed E-state index contributed by atoms with van der Waals surface area (Å²) < 4.78 is 5.44. The van der Waals surface area contributed by atoms with Crippen LogP contribution in [0.25, 0.3) is 0 Å². The van der Waals surface area contributed by atoms with Crippen LogP contribution in [0.15, 0.2) is 18.2 Å². The van der Waals surface area contributed by atoms with Gasteiger partial charge in [0, 0.05) is 13.1 Å². The third-order valence-electron chi connectivity index (χ3n) is 3.48. The predicted octanol–water partition coefficient (Wildman–Crippen LogP) is 3.41. The molecule has 0 atom stereocenters. The van der Waals surface area contributed by atoms with Crippen LogP contribution in [-0.4, -0.2) is 29.7 Å². The van der Waals surface area contributed by atoms with Gasteiger partial charge in [-0.15, -0.1) is 0 Å².